The van der Waals surface area contributed by atoms with Crippen LogP contribution in [0.5, 0.6) is 0 Å². The molecule has 4 aromatic carbocycles. The summed E-state index contributed by atoms with van der Waals surface area (Å²) >= 11 is 0. The fourth-order valence-corrected chi connectivity index (χ4v) is 4.03. The summed E-state index contributed by atoms with van der Waals surface area (Å²) in [6.07, 6.45) is 4.96. The maximum absolute atomic E-state index is 6.30. The van der Waals surface area contributed by atoms with Gasteiger partial charge in [0, 0.05) is 16.2 Å². The van der Waals surface area contributed by atoms with Gasteiger partial charge in [-0.15, -0.1) is 0 Å². The highest BCUT2D eigenvalue weighted by Crippen LogP contribution is 2.36. The maximum Gasteiger partial charge on any atom is 0.143 e. The summed E-state index contributed by atoms with van der Waals surface area (Å²) < 4.78 is 6.30. The Balaban J connectivity index is 1.73. The van der Waals surface area contributed by atoms with Crippen LogP contribution in [-0.4, -0.2) is 0 Å². The van der Waals surface area contributed by atoms with Crippen LogP contribution in [0.4, 0.5) is 0 Å². The minimum absolute atomic E-state index is 0.986. The van der Waals surface area contributed by atoms with Gasteiger partial charge in [-0.3, -0.25) is 0 Å². The molecule has 1 nitrogen and oxygen atoms in total. The molecule has 5 aromatic rings. The molecule has 0 atom stereocenters. The van der Waals surface area contributed by atoms with E-state index >= 15 is 0 Å². The molecule has 1 heteroatoms. The number of rotatable bonds is 4. The van der Waals surface area contributed by atoms with Crippen LogP contribution in [0.15, 0.2) is 71.1 Å². The van der Waals surface area contributed by atoms with E-state index in [4.69, 9.17) is 4.42 Å². The highest BCUT2D eigenvalue weighted by atomic mass is 16.3. The molecule has 128 valence electrons. The van der Waals surface area contributed by atoms with Crippen molar-refractivity contribution in [1.29, 1.82) is 0 Å². The zero-order valence-corrected chi connectivity index (χ0v) is 15.1. The average Bonchev–Trinajstić information content (AvgIpc) is 3.05. The standard InChI is InChI=1S/C25H22O/c1-2-3-4-7-17-10-13-24-23(14-17)21-12-11-20-15-18-8-5-6-9-19(18)16-22(20)25(21)26-24/h5-6,8-16H,2-4,7H2,1H3. The molecule has 0 amide bonds. The molecule has 26 heavy (non-hydrogen) atoms. The van der Waals surface area contributed by atoms with Gasteiger partial charge in [-0.2, -0.15) is 0 Å². The Labute approximate surface area is 153 Å². The lowest BCUT2D eigenvalue weighted by atomic mass is 10.00. The Morgan fingerprint density at radius 2 is 1.54 bits per heavy atom. The highest BCUT2D eigenvalue weighted by Gasteiger charge is 2.11. The smallest absolute Gasteiger partial charge is 0.143 e. The summed E-state index contributed by atoms with van der Waals surface area (Å²) in [6.45, 7) is 2.25. The third-order valence-electron chi connectivity index (χ3n) is 5.45. The van der Waals surface area contributed by atoms with Crippen molar-refractivity contribution < 1.29 is 4.42 Å². The second-order valence-corrected chi connectivity index (χ2v) is 7.25. The van der Waals surface area contributed by atoms with Gasteiger partial charge in [0.25, 0.3) is 0 Å². The fraction of sp³-hybridized carbons (Fsp3) is 0.200. The second kappa shape index (κ2) is 6.17. The monoisotopic (exact) mass is 338 g/mol. The molecule has 0 fully saturated rings. The summed E-state index contributed by atoms with van der Waals surface area (Å²) in [7, 11) is 0. The van der Waals surface area contributed by atoms with Crippen molar-refractivity contribution in [2.75, 3.05) is 0 Å². The second-order valence-electron chi connectivity index (χ2n) is 7.25. The van der Waals surface area contributed by atoms with Gasteiger partial charge in [0.2, 0.25) is 0 Å². The predicted molar refractivity (Wildman–Crippen MR) is 112 cm³/mol. The lowest BCUT2D eigenvalue weighted by Gasteiger charge is -2.03. The van der Waals surface area contributed by atoms with Crippen molar-refractivity contribution in [3.8, 4) is 0 Å². The zero-order chi connectivity index (χ0) is 17.5. The van der Waals surface area contributed by atoms with Gasteiger partial charge in [-0.05, 0) is 64.9 Å². The van der Waals surface area contributed by atoms with E-state index in [0.29, 0.717) is 0 Å². The van der Waals surface area contributed by atoms with E-state index in [2.05, 4.69) is 73.7 Å². The summed E-state index contributed by atoms with van der Waals surface area (Å²) in [4.78, 5) is 0. The van der Waals surface area contributed by atoms with Crippen molar-refractivity contribution in [3.63, 3.8) is 0 Å². The van der Waals surface area contributed by atoms with Gasteiger partial charge in [0.1, 0.15) is 11.2 Å². The Bertz CT molecular complexity index is 1240. The molecule has 0 aliphatic rings. The molecular weight excluding hydrogens is 316 g/mol. The van der Waals surface area contributed by atoms with Crippen LogP contribution in [0, 0.1) is 0 Å². The summed E-state index contributed by atoms with van der Waals surface area (Å²) in [5.74, 6) is 0. The Morgan fingerprint density at radius 3 is 2.38 bits per heavy atom. The van der Waals surface area contributed by atoms with Crippen LogP contribution in [0.3, 0.4) is 0 Å². The summed E-state index contributed by atoms with van der Waals surface area (Å²) in [5, 5.41) is 7.43. The lowest BCUT2D eigenvalue weighted by Crippen LogP contribution is -1.84. The molecular formula is C25H22O. The quantitative estimate of drug-likeness (QED) is 0.242. The number of fused-ring (bicyclic) bond motifs is 6. The fourth-order valence-electron chi connectivity index (χ4n) is 4.03. The van der Waals surface area contributed by atoms with E-state index in [9.17, 15) is 0 Å². The molecule has 0 aliphatic heterocycles. The van der Waals surface area contributed by atoms with Gasteiger partial charge >= 0.3 is 0 Å². The molecule has 1 aromatic heterocycles. The minimum Gasteiger partial charge on any atom is -0.455 e. The number of hydrogen-bond acceptors (Lipinski definition) is 1. The van der Waals surface area contributed by atoms with E-state index in [1.807, 2.05) is 0 Å². The van der Waals surface area contributed by atoms with E-state index in [-0.39, 0.29) is 0 Å². The molecule has 1 heterocycles. The van der Waals surface area contributed by atoms with E-state index in [1.54, 1.807) is 0 Å². The number of hydrogen-bond donors (Lipinski definition) is 0. The number of aryl methyl sites for hydroxylation is 1. The van der Waals surface area contributed by atoms with Crippen LogP contribution >= 0.6 is 0 Å². The van der Waals surface area contributed by atoms with Crippen molar-refractivity contribution in [3.05, 3.63) is 72.3 Å². The average molecular weight is 338 g/mol. The van der Waals surface area contributed by atoms with Crippen LogP contribution in [0.25, 0.3) is 43.5 Å². The Hall–Kier alpha value is -2.80. The van der Waals surface area contributed by atoms with Crippen molar-refractivity contribution in [2.24, 2.45) is 0 Å². The lowest BCUT2D eigenvalue weighted by molar-refractivity contribution is 0.672. The molecule has 0 N–H and O–H groups in total. The third-order valence-corrected chi connectivity index (χ3v) is 5.45. The molecule has 0 saturated carbocycles. The molecule has 0 aliphatic carbocycles. The van der Waals surface area contributed by atoms with Gasteiger partial charge in [0.05, 0.1) is 0 Å². The maximum atomic E-state index is 6.30. The van der Waals surface area contributed by atoms with Gasteiger partial charge in [0.15, 0.2) is 0 Å². The SMILES string of the molecule is CCCCCc1ccc2oc3c4cc5ccccc5cc4ccc3c2c1. The Morgan fingerprint density at radius 1 is 0.692 bits per heavy atom. The first-order chi connectivity index (χ1) is 12.8. The summed E-state index contributed by atoms with van der Waals surface area (Å²) in [6, 6.07) is 24.2. The molecule has 0 bridgehead atoms. The first kappa shape index (κ1) is 15.5. The topological polar surface area (TPSA) is 13.1 Å². The van der Waals surface area contributed by atoms with E-state index in [0.717, 1.165) is 17.6 Å². The third kappa shape index (κ3) is 2.47. The van der Waals surface area contributed by atoms with Crippen molar-refractivity contribution in [1.82, 2.24) is 0 Å². The summed E-state index contributed by atoms with van der Waals surface area (Å²) in [5.41, 5.74) is 3.40. The van der Waals surface area contributed by atoms with Crippen LogP contribution < -0.4 is 0 Å². The van der Waals surface area contributed by atoms with Crippen LogP contribution in [-0.2, 0) is 6.42 Å². The van der Waals surface area contributed by atoms with E-state index in [1.165, 1.54) is 57.1 Å². The number of unbranched alkanes of at least 4 members (excludes halogenated alkanes) is 2. The minimum atomic E-state index is 0.986. The first-order valence-corrected chi connectivity index (χ1v) is 9.60. The van der Waals surface area contributed by atoms with Crippen LogP contribution in [0.1, 0.15) is 31.7 Å². The molecule has 0 radical (unpaired) electrons. The largest absolute Gasteiger partial charge is 0.455 e. The highest BCUT2D eigenvalue weighted by molar-refractivity contribution is 6.17. The van der Waals surface area contributed by atoms with Gasteiger partial charge in [-0.1, -0.05) is 56.2 Å². The predicted octanol–water partition coefficient (Wildman–Crippen LogP) is 7.63. The molecule has 5 rings (SSSR count). The van der Waals surface area contributed by atoms with Crippen molar-refractivity contribution >= 4 is 43.5 Å². The number of furan rings is 1. The molecule has 0 unspecified atom stereocenters. The van der Waals surface area contributed by atoms with Gasteiger partial charge in [-0.25, -0.2) is 0 Å². The molecule has 0 spiro atoms. The van der Waals surface area contributed by atoms with Crippen LogP contribution in [0.2, 0.25) is 0 Å². The van der Waals surface area contributed by atoms with E-state index < -0.39 is 0 Å². The zero-order valence-electron chi connectivity index (χ0n) is 15.1. The number of benzene rings is 4. The molecule has 0 saturated heterocycles. The van der Waals surface area contributed by atoms with Crippen molar-refractivity contribution in [2.45, 2.75) is 32.6 Å². The first-order valence-electron chi connectivity index (χ1n) is 9.60. The van der Waals surface area contributed by atoms with Gasteiger partial charge < -0.3 is 4.42 Å². The Kier molecular flexibility index (Phi) is 3.67. The normalized spacial score (nSPS) is 11.9.